The number of rotatable bonds is 5. The fourth-order valence-electron chi connectivity index (χ4n) is 1.05. The molecule has 1 aromatic heterocycles. The largest absolute Gasteiger partial charge is 0.359 e. The minimum absolute atomic E-state index is 0.157. The Labute approximate surface area is 105 Å². The monoisotopic (exact) mass is 304 g/mol. The summed E-state index contributed by atoms with van der Waals surface area (Å²) in [6, 6.07) is 2.72. The number of hydrogen-bond donors (Lipinski definition) is 0. The van der Waals surface area contributed by atoms with Crippen molar-refractivity contribution in [3.05, 3.63) is 27.1 Å². The van der Waals surface area contributed by atoms with Crippen molar-refractivity contribution >= 4 is 24.0 Å². The van der Waals surface area contributed by atoms with E-state index in [1.807, 2.05) is 0 Å². The molecule has 0 aliphatic carbocycles. The van der Waals surface area contributed by atoms with Crippen LogP contribution in [-0.2, 0) is 11.5 Å². The minimum Gasteiger partial charge on any atom is -0.359 e. The highest BCUT2D eigenvalue weighted by Crippen LogP contribution is 2.07. The van der Waals surface area contributed by atoms with Crippen LogP contribution in [0, 0.1) is 0 Å². The van der Waals surface area contributed by atoms with Crippen LogP contribution < -0.4 is 5.56 Å². The molecule has 0 aliphatic rings. The molecular weight excluding hydrogens is 288 g/mol. The van der Waals surface area contributed by atoms with Gasteiger partial charge in [-0.2, -0.15) is 5.10 Å². The first kappa shape index (κ1) is 13.6. The average molecular weight is 305 g/mol. The topological polar surface area (TPSA) is 44.1 Å². The van der Waals surface area contributed by atoms with Crippen molar-refractivity contribution < 1.29 is 4.74 Å². The lowest BCUT2D eigenvalue weighted by molar-refractivity contribution is 0.0747. The molecule has 0 unspecified atom stereocenters. The molecule has 0 spiro atoms. The van der Waals surface area contributed by atoms with Crippen LogP contribution in [0.15, 0.2) is 21.5 Å². The van der Waals surface area contributed by atoms with E-state index in [2.05, 4.69) is 40.7 Å². The molecule has 0 radical (unpaired) electrons. The maximum absolute atomic E-state index is 11.5. The average Bonchev–Trinajstić information content (AvgIpc) is 2.17. The zero-order chi connectivity index (χ0) is 12.2. The lowest BCUT2D eigenvalue weighted by Crippen LogP contribution is -2.26. The number of aromatic nitrogens is 2. The van der Waals surface area contributed by atoms with Crippen molar-refractivity contribution in [3.63, 3.8) is 0 Å². The van der Waals surface area contributed by atoms with Gasteiger partial charge in [-0.25, -0.2) is 4.68 Å². The lowest BCUT2D eigenvalue weighted by Gasteiger charge is -2.15. The molecule has 0 saturated carbocycles. The van der Waals surface area contributed by atoms with Gasteiger partial charge in [0.25, 0.3) is 5.56 Å². The first-order valence-electron chi connectivity index (χ1n) is 5.19. The number of ether oxygens (including phenoxy) is 1. The molecule has 4 nitrogen and oxygen atoms in total. The van der Waals surface area contributed by atoms with Gasteiger partial charge in [-0.1, -0.05) is 19.6 Å². The van der Waals surface area contributed by atoms with E-state index >= 15 is 0 Å². The SMILES string of the molecule is C[Si](C)(C)CCOCn1nccc(Br)c1=O. The summed E-state index contributed by atoms with van der Waals surface area (Å²) in [4.78, 5) is 11.5. The highest BCUT2D eigenvalue weighted by molar-refractivity contribution is 9.10. The zero-order valence-corrected chi connectivity index (χ0v) is 12.5. The second-order valence-corrected chi connectivity index (χ2v) is 11.3. The summed E-state index contributed by atoms with van der Waals surface area (Å²) in [6.45, 7) is 7.79. The van der Waals surface area contributed by atoms with E-state index in [0.717, 1.165) is 6.04 Å². The Bertz CT molecular complexity index is 401. The van der Waals surface area contributed by atoms with Gasteiger partial charge in [-0.3, -0.25) is 4.79 Å². The summed E-state index contributed by atoms with van der Waals surface area (Å²) in [5, 5.41) is 3.93. The second kappa shape index (κ2) is 5.74. The fourth-order valence-corrected chi connectivity index (χ4v) is 2.13. The zero-order valence-electron chi connectivity index (χ0n) is 9.86. The van der Waals surface area contributed by atoms with Crippen LogP contribution in [0.1, 0.15) is 0 Å². The Balaban J connectivity index is 2.44. The first-order valence-corrected chi connectivity index (χ1v) is 9.69. The standard InChI is InChI=1S/C10H17BrN2O2Si/c1-16(2,3)7-6-15-8-13-10(14)9(11)4-5-12-13/h4-5H,6-8H2,1-3H3. The normalized spacial score (nSPS) is 11.8. The molecule has 16 heavy (non-hydrogen) atoms. The highest BCUT2D eigenvalue weighted by Gasteiger charge is 2.12. The molecule has 0 N–H and O–H groups in total. The van der Waals surface area contributed by atoms with Gasteiger partial charge in [0.05, 0.1) is 4.47 Å². The highest BCUT2D eigenvalue weighted by atomic mass is 79.9. The van der Waals surface area contributed by atoms with Gasteiger partial charge >= 0.3 is 0 Å². The molecule has 0 fully saturated rings. The molecule has 90 valence electrons. The van der Waals surface area contributed by atoms with Gasteiger partial charge in [0.1, 0.15) is 6.73 Å². The van der Waals surface area contributed by atoms with Crippen molar-refractivity contribution in [1.29, 1.82) is 0 Å². The van der Waals surface area contributed by atoms with Gasteiger partial charge in [-0.15, -0.1) is 0 Å². The summed E-state index contributed by atoms with van der Waals surface area (Å²) >= 11 is 3.16. The third kappa shape index (κ3) is 4.59. The quantitative estimate of drug-likeness (QED) is 0.619. The van der Waals surface area contributed by atoms with Crippen LogP contribution >= 0.6 is 15.9 Å². The van der Waals surface area contributed by atoms with E-state index in [-0.39, 0.29) is 12.3 Å². The van der Waals surface area contributed by atoms with Crippen LogP contribution in [0.4, 0.5) is 0 Å². The molecule has 0 aromatic carbocycles. The van der Waals surface area contributed by atoms with Crippen molar-refractivity contribution in [3.8, 4) is 0 Å². The molecule has 1 rings (SSSR count). The Morgan fingerprint density at radius 3 is 2.81 bits per heavy atom. The van der Waals surface area contributed by atoms with Crippen molar-refractivity contribution in [2.75, 3.05) is 6.61 Å². The second-order valence-electron chi connectivity index (χ2n) is 4.83. The Morgan fingerprint density at radius 1 is 1.50 bits per heavy atom. The van der Waals surface area contributed by atoms with Crippen molar-refractivity contribution in [2.24, 2.45) is 0 Å². The number of hydrogen-bond acceptors (Lipinski definition) is 3. The molecule has 1 heterocycles. The van der Waals surface area contributed by atoms with Gasteiger partial charge in [-0.05, 0) is 28.0 Å². The van der Waals surface area contributed by atoms with Crippen LogP contribution in [-0.4, -0.2) is 24.5 Å². The minimum atomic E-state index is -1.06. The molecular formula is C10H17BrN2O2Si. The molecule has 0 amide bonds. The van der Waals surface area contributed by atoms with Crippen LogP contribution in [0.3, 0.4) is 0 Å². The van der Waals surface area contributed by atoms with Crippen LogP contribution in [0.5, 0.6) is 0 Å². The van der Waals surface area contributed by atoms with E-state index in [1.54, 1.807) is 12.3 Å². The first-order chi connectivity index (χ1) is 7.40. The number of halogens is 1. The van der Waals surface area contributed by atoms with Crippen molar-refractivity contribution in [1.82, 2.24) is 9.78 Å². The van der Waals surface area contributed by atoms with E-state index in [4.69, 9.17) is 4.74 Å². The van der Waals surface area contributed by atoms with Crippen LogP contribution in [0.25, 0.3) is 0 Å². The molecule has 0 aliphatic heterocycles. The van der Waals surface area contributed by atoms with E-state index < -0.39 is 8.07 Å². The maximum Gasteiger partial charge on any atom is 0.283 e. The molecule has 1 aromatic rings. The molecule has 6 heteroatoms. The molecule has 0 bridgehead atoms. The van der Waals surface area contributed by atoms with Crippen molar-refractivity contribution in [2.45, 2.75) is 32.4 Å². The predicted octanol–water partition coefficient (Wildman–Crippen LogP) is 2.32. The van der Waals surface area contributed by atoms with Gasteiger partial charge < -0.3 is 4.74 Å². The van der Waals surface area contributed by atoms with Crippen LogP contribution in [0.2, 0.25) is 25.7 Å². The third-order valence-electron chi connectivity index (χ3n) is 2.08. The Kier molecular flexibility index (Phi) is 4.88. The Hall–Kier alpha value is -0.463. The summed E-state index contributed by atoms with van der Waals surface area (Å²) in [5.74, 6) is 0. The Morgan fingerprint density at radius 2 is 2.19 bits per heavy atom. The van der Waals surface area contributed by atoms with Gasteiger partial charge in [0, 0.05) is 20.9 Å². The number of nitrogens with zero attached hydrogens (tertiary/aromatic N) is 2. The molecule has 0 saturated heterocycles. The van der Waals surface area contributed by atoms with E-state index in [1.165, 1.54) is 4.68 Å². The maximum atomic E-state index is 11.5. The summed E-state index contributed by atoms with van der Waals surface area (Å²) < 4.78 is 7.27. The van der Waals surface area contributed by atoms with Gasteiger partial charge in [0.2, 0.25) is 0 Å². The fraction of sp³-hybridized carbons (Fsp3) is 0.600. The van der Waals surface area contributed by atoms with E-state index in [0.29, 0.717) is 11.1 Å². The van der Waals surface area contributed by atoms with E-state index in [9.17, 15) is 4.79 Å². The summed E-state index contributed by atoms with van der Waals surface area (Å²) in [5.41, 5.74) is -0.157. The smallest absolute Gasteiger partial charge is 0.283 e. The summed E-state index contributed by atoms with van der Waals surface area (Å²) in [7, 11) is -1.06. The third-order valence-corrected chi connectivity index (χ3v) is 4.38. The summed E-state index contributed by atoms with van der Waals surface area (Å²) in [6.07, 6.45) is 1.58. The predicted molar refractivity (Wildman–Crippen MR) is 70.3 cm³/mol. The van der Waals surface area contributed by atoms with Gasteiger partial charge in [0.15, 0.2) is 0 Å². The molecule has 0 atom stereocenters. The lowest BCUT2D eigenvalue weighted by atomic mass is 10.6.